The normalized spacial score (nSPS) is 14.3. The van der Waals surface area contributed by atoms with E-state index in [0.717, 1.165) is 42.9 Å². The van der Waals surface area contributed by atoms with E-state index >= 15 is 0 Å². The smallest absolute Gasteiger partial charge is 0.272 e. The molecular weight excluding hydrogens is 362 g/mol. The Morgan fingerprint density at radius 1 is 1.14 bits per heavy atom. The van der Waals surface area contributed by atoms with Crippen LogP contribution in [0.4, 0.5) is 0 Å². The van der Waals surface area contributed by atoms with Crippen LogP contribution in [0.2, 0.25) is 0 Å². The number of benzene rings is 2. The van der Waals surface area contributed by atoms with E-state index in [9.17, 15) is 4.79 Å². The number of nitrogens with one attached hydrogen (secondary N) is 2. The van der Waals surface area contributed by atoms with Gasteiger partial charge in [-0.1, -0.05) is 29.8 Å². The molecular formula is C23H23N5O. The number of amides is 1. The lowest BCUT2D eigenvalue weighted by Crippen LogP contribution is -2.42. The zero-order valence-corrected chi connectivity index (χ0v) is 16.4. The fourth-order valence-electron chi connectivity index (χ4n) is 3.52. The van der Waals surface area contributed by atoms with Gasteiger partial charge in [0.15, 0.2) is 5.69 Å². The Balaban J connectivity index is 1.70. The van der Waals surface area contributed by atoms with E-state index in [4.69, 9.17) is 5.26 Å². The van der Waals surface area contributed by atoms with Crippen molar-refractivity contribution in [3.05, 3.63) is 71.4 Å². The van der Waals surface area contributed by atoms with E-state index in [-0.39, 0.29) is 11.9 Å². The van der Waals surface area contributed by atoms with Gasteiger partial charge in [0.05, 0.1) is 23.0 Å². The molecule has 1 fully saturated rings. The van der Waals surface area contributed by atoms with Crippen LogP contribution in [0, 0.1) is 18.3 Å². The zero-order valence-electron chi connectivity index (χ0n) is 16.4. The summed E-state index contributed by atoms with van der Waals surface area (Å²) >= 11 is 0. The topological polar surface area (TPSA) is 82.7 Å². The highest BCUT2D eigenvalue weighted by Crippen LogP contribution is 2.25. The van der Waals surface area contributed by atoms with E-state index < -0.39 is 0 Å². The van der Waals surface area contributed by atoms with Crippen LogP contribution >= 0.6 is 0 Å². The van der Waals surface area contributed by atoms with Gasteiger partial charge in [-0.15, -0.1) is 0 Å². The minimum Gasteiger partial charge on any atom is -0.348 e. The van der Waals surface area contributed by atoms with Crippen LogP contribution in [0.15, 0.2) is 54.6 Å². The van der Waals surface area contributed by atoms with Gasteiger partial charge in [0.1, 0.15) is 0 Å². The highest BCUT2D eigenvalue weighted by Gasteiger charge is 2.20. The third-order valence-corrected chi connectivity index (χ3v) is 5.20. The number of nitrogens with zero attached hydrogens (tertiary/aromatic N) is 3. The number of carbonyl (C=O) groups excluding carboxylic acids is 1. The SMILES string of the molecule is Cc1ccc(-c2cc(C(=O)NC3CCNCC3)nn2-c2ccc(C#N)cc2)cc1. The zero-order chi connectivity index (χ0) is 20.2. The van der Waals surface area contributed by atoms with E-state index in [1.807, 2.05) is 49.4 Å². The second-order valence-corrected chi connectivity index (χ2v) is 7.35. The van der Waals surface area contributed by atoms with Gasteiger partial charge >= 0.3 is 0 Å². The molecule has 0 unspecified atom stereocenters. The highest BCUT2D eigenvalue weighted by molar-refractivity contribution is 5.93. The summed E-state index contributed by atoms with van der Waals surface area (Å²) in [5, 5.41) is 20.1. The Hall–Kier alpha value is -3.43. The molecule has 0 aliphatic carbocycles. The van der Waals surface area contributed by atoms with Crippen molar-refractivity contribution in [1.82, 2.24) is 20.4 Å². The predicted molar refractivity (Wildman–Crippen MR) is 112 cm³/mol. The number of rotatable bonds is 4. The summed E-state index contributed by atoms with van der Waals surface area (Å²) in [7, 11) is 0. The molecule has 1 aromatic heterocycles. The Morgan fingerprint density at radius 3 is 2.48 bits per heavy atom. The molecule has 1 amide bonds. The molecule has 2 heterocycles. The molecule has 0 radical (unpaired) electrons. The lowest BCUT2D eigenvalue weighted by Gasteiger charge is -2.23. The molecule has 0 saturated carbocycles. The minimum atomic E-state index is -0.155. The quantitative estimate of drug-likeness (QED) is 0.722. The third-order valence-electron chi connectivity index (χ3n) is 5.20. The summed E-state index contributed by atoms with van der Waals surface area (Å²) in [6.07, 6.45) is 1.85. The fourth-order valence-corrected chi connectivity index (χ4v) is 3.52. The van der Waals surface area contributed by atoms with Crippen LogP contribution in [0.25, 0.3) is 16.9 Å². The van der Waals surface area contributed by atoms with Gasteiger partial charge in [0.2, 0.25) is 0 Å². The van der Waals surface area contributed by atoms with Crippen LogP contribution in [0.5, 0.6) is 0 Å². The summed E-state index contributed by atoms with van der Waals surface area (Å²) in [5.74, 6) is -0.155. The van der Waals surface area contributed by atoms with Crippen molar-refractivity contribution in [3.8, 4) is 23.0 Å². The van der Waals surface area contributed by atoms with Crippen molar-refractivity contribution in [2.75, 3.05) is 13.1 Å². The van der Waals surface area contributed by atoms with Gasteiger partial charge < -0.3 is 10.6 Å². The van der Waals surface area contributed by atoms with Crippen LogP contribution in [-0.2, 0) is 0 Å². The van der Waals surface area contributed by atoms with E-state index in [1.54, 1.807) is 16.8 Å². The van der Waals surface area contributed by atoms with Crippen molar-refractivity contribution in [3.63, 3.8) is 0 Å². The molecule has 0 spiro atoms. The monoisotopic (exact) mass is 385 g/mol. The molecule has 2 N–H and O–H groups in total. The first-order valence-corrected chi connectivity index (χ1v) is 9.83. The number of hydrogen-bond acceptors (Lipinski definition) is 4. The number of piperidine rings is 1. The molecule has 4 rings (SSSR count). The molecule has 6 nitrogen and oxygen atoms in total. The van der Waals surface area contributed by atoms with Gasteiger partial charge in [-0.05, 0) is 63.2 Å². The number of aromatic nitrogens is 2. The van der Waals surface area contributed by atoms with Crippen molar-refractivity contribution in [2.45, 2.75) is 25.8 Å². The number of hydrogen-bond donors (Lipinski definition) is 2. The summed E-state index contributed by atoms with van der Waals surface area (Å²) in [4.78, 5) is 12.8. The van der Waals surface area contributed by atoms with E-state index in [0.29, 0.717) is 11.3 Å². The van der Waals surface area contributed by atoms with Crippen LogP contribution < -0.4 is 10.6 Å². The van der Waals surface area contributed by atoms with E-state index in [1.165, 1.54) is 5.56 Å². The maximum atomic E-state index is 12.8. The van der Waals surface area contributed by atoms with Crippen molar-refractivity contribution in [1.29, 1.82) is 5.26 Å². The number of nitriles is 1. The minimum absolute atomic E-state index is 0.155. The molecule has 1 aliphatic heterocycles. The Kier molecular flexibility index (Phi) is 5.41. The van der Waals surface area contributed by atoms with Crippen molar-refractivity contribution in [2.24, 2.45) is 0 Å². The molecule has 1 saturated heterocycles. The summed E-state index contributed by atoms with van der Waals surface area (Å²) in [6.45, 7) is 3.87. The van der Waals surface area contributed by atoms with Gasteiger partial charge in [-0.25, -0.2) is 4.68 Å². The third kappa shape index (κ3) is 4.20. The Labute approximate surface area is 170 Å². The molecule has 0 bridgehead atoms. The average Bonchev–Trinajstić information content (AvgIpc) is 3.21. The molecule has 146 valence electrons. The molecule has 3 aromatic rings. The molecule has 0 atom stereocenters. The predicted octanol–water partition coefficient (Wildman–Crippen LogP) is 3.20. The molecule has 29 heavy (non-hydrogen) atoms. The Morgan fingerprint density at radius 2 is 1.83 bits per heavy atom. The maximum Gasteiger partial charge on any atom is 0.272 e. The summed E-state index contributed by atoms with van der Waals surface area (Å²) in [5.41, 5.74) is 4.77. The van der Waals surface area contributed by atoms with Gasteiger partial charge in [0, 0.05) is 11.6 Å². The van der Waals surface area contributed by atoms with Crippen LogP contribution in [-0.4, -0.2) is 34.8 Å². The first-order valence-electron chi connectivity index (χ1n) is 9.83. The Bertz CT molecular complexity index is 1040. The standard InChI is InChI=1S/C23H23N5O/c1-16-2-6-18(7-3-16)22-14-21(23(29)26-19-10-12-25-13-11-19)27-28(22)20-8-4-17(15-24)5-9-20/h2-9,14,19,25H,10-13H2,1H3,(H,26,29). The number of carbonyl (C=O) groups is 1. The fraction of sp³-hybridized carbons (Fsp3) is 0.261. The first kappa shape index (κ1) is 18.9. The summed E-state index contributed by atoms with van der Waals surface area (Å²) < 4.78 is 1.77. The second kappa shape index (κ2) is 8.29. The first-order chi connectivity index (χ1) is 14.1. The number of aryl methyl sites for hydroxylation is 1. The second-order valence-electron chi connectivity index (χ2n) is 7.35. The van der Waals surface area contributed by atoms with Crippen LogP contribution in [0.3, 0.4) is 0 Å². The highest BCUT2D eigenvalue weighted by atomic mass is 16.2. The average molecular weight is 385 g/mol. The summed E-state index contributed by atoms with van der Waals surface area (Å²) in [6, 6.07) is 19.5. The lowest BCUT2D eigenvalue weighted by atomic mass is 10.1. The molecule has 2 aromatic carbocycles. The van der Waals surface area contributed by atoms with Gasteiger partial charge in [0.25, 0.3) is 5.91 Å². The maximum absolute atomic E-state index is 12.8. The van der Waals surface area contributed by atoms with Gasteiger partial charge in [-0.2, -0.15) is 10.4 Å². The van der Waals surface area contributed by atoms with E-state index in [2.05, 4.69) is 21.8 Å². The molecule has 1 aliphatic rings. The molecule has 6 heteroatoms. The lowest BCUT2D eigenvalue weighted by molar-refractivity contribution is 0.0924. The van der Waals surface area contributed by atoms with Gasteiger partial charge in [-0.3, -0.25) is 4.79 Å². The van der Waals surface area contributed by atoms with Crippen molar-refractivity contribution >= 4 is 5.91 Å². The largest absolute Gasteiger partial charge is 0.348 e. The van der Waals surface area contributed by atoms with Crippen LogP contribution in [0.1, 0.15) is 34.5 Å². The van der Waals surface area contributed by atoms with Crippen molar-refractivity contribution < 1.29 is 4.79 Å².